The molecule has 8 nitrogen and oxygen atoms in total. The largest absolute Gasteiger partial charge is 0.452 e. The van der Waals surface area contributed by atoms with Crippen molar-refractivity contribution in [1.29, 1.82) is 0 Å². The van der Waals surface area contributed by atoms with Crippen LogP contribution in [0, 0.1) is 0 Å². The van der Waals surface area contributed by atoms with Crippen LogP contribution in [0.15, 0.2) is 65.5 Å². The molecule has 3 rings (SSSR count). The molecule has 0 saturated carbocycles. The van der Waals surface area contributed by atoms with Crippen molar-refractivity contribution >= 4 is 28.8 Å². The molecule has 0 unspecified atom stereocenters. The Morgan fingerprint density at radius 3 is 2.46 bits per heavy atom. The van der Waals surface area contributed by atoms with Gasteiger partial charge in [-0.3, -0.25) is 14.9 Å². The van der Waals surface area contributed by atoms with Gasteiger partial charge in [-0.15, -0.1) is 0 Å². The predicted octanol–water partition coefficient (Wildman–Crippen LogP) is 1.71. The highest BCUT2D eigenvalue weighted by molar-refractivity contribution is 6.04. The topological polar surface area (TPSA) is 117 Å². The third kappa shape index (κ3) is 4.82. The molecule has 28 heavy (non-hydrogen) atoms. The molecule has 3 aromatic rings. The number of ether oxygens (including phenoxy) is 1. The minimum absolute atomic E-state index is 0.0423. The number of para-hydroxylation sites is 1. The molecule has 142 valence electrons. The van der Waals surface area contributed by atoms with Gasteiger partial charge in [0.05, 0.1) is 5.56 Å². The van der Waals surface area contributed by atoms with Gasteiger partial charge in [-0.2, -0.15) is 0 Å². The quantitative estimate of drug-likeness (QED) is 0.584. The third-order valence-corrected chi connectivity index (χ3v) is 3.85. The van der Waals surface area contributed by atoms with Gasteiger partial charge < -0.3 is 15.0 Å². The molecule has 2 aromatic carbocycles. The number of esters is 1. The van der Waals surface area contributed by atoms with Gasteiger partial charge in [0, 0.05) is 23.5 Å². The second-order valence-corrected chi connectivity index (χ2v) is 5.89. The van der Waals surface area contributed by atoms with Crippen LogP contribution in [0.3, 0.4) is 0 Å². The Morgan fingerprint density at radius 1 is 0.964 bits per heavy atom. The van der Waals surface area contributed by atoms with Gasteiger partial charge in [-0.1, -0.05) is 48.5 Å². The summed E-state index contributed by atoms with van der Waals surface area (Å²) in [6.45, 7) is -0.406. The fourth-order valence-corrected chi connectivity index (χ4v) is 2.57. The third-order valence-electron chi connectivity index (χ3n) is 3.85. The van der Waals surface area contributed by atoms with Gasteiger partial charge in [0.15, 0.2) is 6.61 Å². The normalized spacial score (nSPS) is 10.3. The second kappa shape index (κ2) is 8.63. The number of pyridine rings is 1. The van der Waals surface area contributed by atoms with E-state index in [-0.39, 0.29) is 12.1 Å². The van der Waals surface area contributed by atoms with Gasteiger partial charge in [0.25, 0.3) is 5.91 Å². The smallest absolute Gasteiger partial charge is 0.339 e. The van der Waals surface area contributed by atoms with Gasteiger partial charge in [0.1, 0.15) is 0 Å². The first-order valence-electron chi connectivity index (χ1n) is 8.44. The summed E-state index contributed by atoms with van der Waals surface area (Å²) in [5, 5.41) is 5.09. The van der Waals surface area contributed by atoms with Crippen molar-refractivity contribution in [3.8, 4) is 0 Å². The number of carbonyl (C=O) groups is 3. The molecule has 1 aromatic heterocycles. The molecule has 0 aliphatic heterocycles. The van der Waals surface area contributed by atoms with Crippen LogP contribution in [-0.4, -0.2) is 29.5 Å². The first-order chi connectivity index (χ1) is 13.5. The van der Waals surface area contributed by atoms with Gasteiger partial charge in [0.2, 0.25) is 5.56 Å². The summed E-state index contributed by atoms with van der Waals surface area (Å²) in [6, 6.07) is 16.3. The van der Waals surface area contributed by atoms with E-state index in [9.17, 15) is 19.2 Å². The summed E-state index contributed by atoms with van der Waals surface area (Å²) >= 11 is 0. The van der Waals surface area contributed by atoms with Crippen molar-refractivity contribution in [2.24, 2.45) is 0 Å². The average Bonchev–Trinajstić information content (AvgIpc) is 2.70. The minimum Gasteiger partial charge on any atom is -0.452 e. The van der Waals surface area contributed by atoms with E-state index >= 15 is 0 Å². The number of hydrogen-bond donors (Lipinski definition) is 3. The lowest BCUT2D eigenvalue weighted by Gasteiger charge is -2.08. The maximum Gasteiger partial charge on any atom is 0.339 e. The van der Waals surface area contributed by atoms with Crippen LogP contribution in [0.2, 0.25) is 0 Å². The van der Waals surface area contributed by atoms with E-state index in [0.29, 0.717) is 10.9 Å². The molecule has 3 N–H and O–H groups in total. The van der Waals surface area contributed by atoms with Crippen LogP contribution in [0.5, 0.6) is 0 Å². The molecule has 0 aliphatic rings. The molecular weight excluding hydrogens is 362 g/mol. The summed E-state index contributed by atoms with van der Waals surface area (Å²) in [7, 11) is 0. The van der Waals surface area contributed by atoms with Crippen molar-refractivity contribution in [2.75, 3.05) is 6.61 Å². The van der Waals surface area contributed by atoms with Crippen molar-refractivity contribution in [3.05, 3.63) is 82.1 Å². The second-order valence-electron chi connectivity index (χ2n) is 5.89. The Hall–Kier alpha value is -3.94. The molecular formula is C20H17N3O5. The Morgan fingerprint density at radius 2 is 1.68 bits per heavy atom. The summed E-state index contributed by atoms with van der Waals surface area (Å²) in [6.07, 6.45) is 0. The number of hydrogen-bond acceptors (Lipinski definition) is 5. The molecule has 0 bridgehead atoms. The Balaban J connectivity index is 1.54. The fraction of sp³-hybridized carbons (Fsp3) is 0.100. The van der Waals surface area contributed by atoms with Crippen LogP contribution in [0.25, 0.3) is 10.9 Å². The molecule has 3 amide bonds. The van der Waals surface area contributed by atoms with Crippen LogP contribution in [0.1, 0.15) is 15.9 Å². The zero-order valence-electron chi connectivity index (χ0n) is 14.7. The summed E-state index contributed by atoms with van der Waals surface area (Å²) in [5.41, 5.74) is 0.931. The van der Waals surface area contributed by atoms with E-state index in [0.717, 1.165) is 11.6 Å². The van der Waals surface area contributed by atoms with E-state index in [1.54, 1.807) is 24.3 Å². The van der Waals surface area contributed by atoms with Gasteiger partial charge >= 0.3 is 12.0 Å². The molecule has 0 spiro atoms. The Labute approximate surface area is 159 Å². The molecule has 0 fully saturated rings. The monoisotopic (exact) mass is 379 g/mol. The van der Waals surface area contributed by atoms with E-state index in [2.05, 4.69) is 15.6 Å². The molecule has 0 saturated heterocycles. The maximum atomic E-state index is 12.3. The number of imide groups is 1. The van der Waals surface area contributed by atoms with Crippen LogP contribution in [0.4, 0.5) is 4.79 Å². The van der Waals surface area contributed by atoms with Crippen LogP contribution in [-0.2, 0) is 16.1 Å². The van der Waals surface area contributed by atoms with Crippen molar-refractivity contribution in [2.45, 2.75) is 6.54 Å². The molecule has 0 radical (unpaired) electrons. The number of aromatic amines is 1. The molecule has 0 aliphatic carbocycles. The highest BCUT2D eigenvalue weighted by Gasteiger charge is 2.15. The number of benzene rings is 2. The van der Waals surface area contributed by atoms with E-state index in [1.807, 2.05) is 30.3 Å². The molecule has 0 atom stereocenters. The van der Waals surface area contributed by atoms with Gasteiger partial charge in [-0.25, -0.2) is 9.59 Å². The van der Waals surface area contributed by atoms with E-state index in [1.165, 1.54) is 0 Å². The zero-order chi connectivity index (χ0) is 19.9. The number of H-pyrrole nitrogens is 1. The number of amides is 3. The SMILES string of the molecule is O=C(COC(=O)c1cc(=O)[nH]c2ccccc12)NC(=O)NCc1ccccc1. The first kappa shape index (κ1) is 18.8. The zero-order valence-corrected chi connectivity index (χ0v) is 14.7. The van der Waals surface area contributed by atoms with Gasteiger partial charge in [-0.05, 0) is 11.6 Å². The van der Waals surface area contributed by atoms with Crippen LogP contribution >= 0.6 is 0 Å². The van der Waals surface area contributed by atoms with Crippen LogP contribution < -0.4 is 16.2 Å². The summed E-state index contributed by atoms with van der Waals surface area (Å²) in [4.78, 5) is 50.1. The minimum atomic E-state index is -0.831. The van der Waals surface area contributed by atoms with E-state index < -0.39 is 30.1 Å². The number of urea groups is 1. The van der Waals surface area contributed by atoms with Crippen molar-refractivity contribution < 1.29 is 19.1 Å². The molecule has 1 heterocycles. The number of carbonyl (C=O) groups excluding carboxylic acids is 3. The lowest BCUT2D eigenvalue weighted by atomic mass is 10.1. The highest BCUT2D eigenvalue weighted by atomic mass is 16.5. The summed E-state index contributed by atoms with van der Waals surface area (Å²) < 4.78 is 4.93. The summed E-state index contributed by atoms with van der Waals surface area (Å²) in [5.74, 6) is -1.62. The average molecular weight is 379 g/mol. The molecule has 8 heteroatoms. The number of aromatic nitrogens is 1. The maximum absolute atomic E-state index is 12.3. The number of nitrogens with one attached hydrogen (secondary N) is 3. The van der Waals surface area contributed by atoms with E-state index in [4.69, 9.17) is 4.74 Å². The predicted molar refractivity (Wildman–Crippen MR) is 102 cm³/mol. The lowest BCUT2D eigenvalue weighted by molar-refractivity contribution is -0.123. The Bertz CT molecular complexity index is 1080. The lowest BCUT2D eigenvalue weighted by Crippen LogP contribution is -2.41. The Kier molecular flexibility index (Phi) is 5.81. The standard InChI is InChI=1S/C20H17N3O5/c24-17-10-15(14-8-4-5-9-16(14)22-17)19(26)28-12-18(25)23-20(27)21-11-13-6-2-1-3-7-13/h1-10H,11-12H2,(H,22,24)(H2,21,23,25,27). The number of fused-ring (bicyclic) bond motifs is 1. The van der Waals surface area contributed by atoms with Crippen molar-refractivity contribution in [3.63, 3.8) is 0 Å². The fourth-order valence-electron chi connectivity index (χ4n) is 2.57. The first-order valence-corrected chi connectivity index (χ1v) is 8.44. The van der Waals surface area contributed by atoms with Crippen molar-refractivity contribution in [1.82, 2.24) is 15.6 Å². The number of rotatable bonds is 5. The highest BCUT2D eigenvalue weighted by Crippen LogP contribution is 2.15.